The van der Waals surface area contributed by atoms with E-state index in [4.69, 9.17) is 8.94 Å². The minimum Gasteiger partial charge on any atom is -0.468 e. The molecule has 3 heterocycles. The number of rotatable bonds is 7. The molecular weight excluding hydrogens is 350 g/mol. The summed E-state index contributed by atoms with van der Waals surface area (Å²) in [5.41, 5.74) is 0.676. The van der Waals surface area contributed by atoms with Gasteiger partial charge in [-0.3, -0.25) is 15.0 Å². The SMILES string of the molecule is CC(C)(C)c1cc(NC(=O)CN(Cc2ccco2)Cc2cccs2)on1. The van der Waals surface area contributed by atoms with E-state index in [1.54, 1.807) is 23.7 Å². The van der Waals surface area contributed by atoms with Gasteiger partial charge in [-0.05, 0) is 23.6 Å². The second-order valence-electron chi connectivity index (χ2n) is 7.18. The van der Waals surface area contributed by atoms with Gasteiger partial charge in [0, 0.05) is 22.9 Å². The summed E-state index contributed by atoms with van der Waals surface area (Å²) >= 11 is 1.67. The van der Waals surface area contributed by atoms with E-state index in [2.05, 4.69) is 16.5 Å². The van der Waals surface area contributed by atoms with E-state index in [9.17, 15) is 4.79 Å². The molecule has 0 aliphatic heterocycles. The molecule has 0 bridgehead atoms. The van der Waals surface area contributed by atoms with Crippen LogP contribution in [0.1, 0.15) is 37.1 Å². The number of aromatic nitrogens is 1. The van der Waals surface area contributed by atoms with Crippen LogP contribution in [0.5, 0.6) is 0 Å². The summed E-state index contributed by atoms with van der Waals surface area (Å²) in [7, 11) is 0. The van der Waals surface area contributed by atoms with Crippen LogP contribution in [0.25, 0.3) is 0 Å². The van der Waals surface area contributed by atoms with E-state index in [-0.39, 0.29) is 17.9 Å². The van der Waals surface area contributed by atoms with Gasteiger partial charge in [0.15, 0.2) is 0 Å². The third-order valence-electron chi connectivity index (χ3n) is 3.83. The number of thiophene rings is 1. The summed E-state index contributed by atoms with van der Waals surface area (Å²) in [6.45, 7) is 7.59. The highest BCUT2D eigenvalue weighted by Gasteiger charge is 2.20. The maximum absolute atomic E-state index is 12.5. The Bertz CT molecular complexity index is 780. The molecule has 7 heteroatoms. The Labute approximate surface area is 156 Å². The highest BCUT2D eigenvalue weighted by molar-refractivity contribution is 7.09. The van der Waals surface area contributed by atoms with Crippen LogP contribution in [0.3, 0.4) is 0 Å². The minimum atomic E-state index is -0.148. The van der Waals surface area contributed by atoms with E-state index in [0.29, 0.717) is 19.0 Å². The number of carbonyl (C=O) groups excluding carboxylic acids is 1. The molecule has 6 nitrogen and oxygen atoms in total. The number of hydrogen-bond acceptors (Lipinski definition) is 6. The van der Waals surface area contributed by atoms with Gasteiger partial charge >= 0.3 is 0 Å². The fourth-order valence-electron chi connectivity index (χ4n) is 2.48. The van der Waals surface area contributed by atoms with Gasteiger partial charge in [0.25, 0.3) is 0 Å². The van der Waals surface area contributed by atoms with Gasteiger partial charge in [-0.1, -0.05) is 32.0 Å². The lowest BCUT2D eigenvalue weighted by Gasteiger charge is -2.19. The molecule has 138 valence electrons. The zero-order valence-corrected chi connectivity index (χ0v) is 16.0. The number of amides is 1. The zero-order valence-electron chi connectivity index (χ0n) is 15.2. The first-order chi connectivity index (χ1) is 12.4. The quantitative estimate of drug-likeness (QED) is 0.670. The van der Waals surface area contributed by atoms with Crippen molar-refractivity contribution in [3.8, 4) is 0 Å². The summed E-state index contributed by atoms with van der Waals surface area (Å²) in [4.78, 5) is 15.7. The van der Waals surface area contributed by atoms with Gasteiger partial charge in [0.05, 0.1) is 25.0 Å². The molecule has 0 saturated heterocycles. The van der Waals surface area contributed by atoms with Crippen LogP contribution >= 0.6 is 11.3 Å². The lowest BCUT2D eigenvalue weighted by atomic mass is 9.92. The molecule has 0 spiro atoms. The first-order valence-corrected chi connectivity index (χ1v) is 9.32. The number of carbonyl (C=O) groups is 1. The topological polar surface area (TPSA) is 71.5 Å². The molecule has 1 N–H and O–H groups in total. The fraction of sp³-hybridized carbons (Fsp3) is 0.368. The van der Waals surface area contributed by atoms with E-state index in [0.717, 1.165) is 11.5 Å². The van der Waals surface area contributed by atoms with Crippen LogP contribution in [-0.2, 0) is 23.3 Å². The Kier molecular flexibility index (Phi) is 5.58. The summed E-state index contributed by atoms with van der Waals surface area (Å²) in [5.74, 6) is 1.04. The number of nitrogens with zero attached hydrogens (tertiary/aromatic N) is 2. The minimum absolute atomic E-state index is 0.128. The van der Waals surface area contributed by atoms with Crippen molar-refractivity contribution in [3.05, 3.63) is 58.3 Å². The van der Waals surface area contributed by atoms with Crippen molar-refractivity contribution in [2.45, 2.75) is 39.3 Å². The standard InChI is InChI=1S/C19H23N3O3S/c1-19(2,3)16-10-18(25-21-16)20-17(23)13-22(11-14-6-4-8-24-14)12-15-7-5-9-26-15/h4-10H,11-13H2,1-3H3,(H,20,23). The molecule has 0 radical (unpaired) electrons. The van der Waals surface area contributed by atoms with Crippen molar-refractivity contribution >= 4 is 23.1 Å². The third-order valence-corrected chi connectivity index (χ3v) is 4.69. The average molecular weight is 373 g/mol. The van der Waals surface area contributed by atoms with E-state index in [1.165, 1.54) is 4.88 Å². The molecule has 0 aromatic carbocycles. The van der Waals surface area contributed by atoms with Gasteiger partial charge in [-0.15, -0.1) is 11.3 Å². The third kappa shape index (κ3) is 5.06. The number of furan rings is 1. The van der Waals surface area contributed by atoms with Crippen LogP contribution in [0.15, 0.2) is 50.9 Å². The second-order valence-corrected chi connectivity index (χ2v) is 8.21. The van der Waals surface area contributed by atoms with Gasteiger partial charge in [0.2, 0.25) is 11.8 Å². The first-order valence-electron chi connectivity index (χ1n) is 8.44. The van der Waals surface area contributed by atoms with Crippen LogP contribution in [0.2, 0.25) is 0 Å². The Balaban J connectivity index is 1.63. The monoisotopic (exact) mass is 373 g/mol. The molecule has 0 unspecified atom stereocenters. The van der Waals surface area contributed by atoms with Gasteiger partial charge in [-0.25, -0.2) is 0 Å². The molecule has 3 rings (SSSR count). The maximum Gasteiger partial charge on any atom is 0.240 e. The lowest BCUT2D eigenvalue weighted by Crippen LogP contribution is -2.32. The van der Waals surface area contributed by atoms with Crippen molar-refractivity contribution in [2.75, 3.05) is 11.9 Å². The molecule has 26 heavy (non-hydrogen) atoms. The van der Waals surface area contributed by atoms with Gasteiger partial charge in [0.1, 0.15) is 5.76 Å². The van der Waals surface area contributed by atoms with E-state index >= 15 is 0 Å². The molecule has 3 aromatic heterocycles. The van der Waals surface area contributed by atoms with Gasteiger partial charge in [-0.2, -0.15) is 0 Å². The first kappa shape index (κ1) is 18.4. The van der Waals surface area contributed by atoms with E-state index in [1.807, 2.05) is 49.3 Å². The molecule has 0 atom stereocenters. The van der Waals surface area contributed by atoms with Crippen LogP contribution < -0.4 is 5.32 Å². The maximum atomic E-state index is 12.5. The largest absolute Gasteiger partial charge is 0.468 e. The molecule has 0 saturated carbocycles. The molecule has 3 aromatic rings. The predicted octanol–water partition coefficient (Wildman–Crippen LogP) is 4.27. The van der Waals surface area contributed by atoms with Crippen LogP contribution in [0, 0.1) is 0 Å². The predicted molar refractivity (Wildman–Crippen MR) is 101 cm³/mol. The lowest BCUT2D eigenvalue weighted by molar-refractivity contribution is -0.117. The Morgan fingerprint density at radius 1 is 1.27 bits per heavy atom. The molecular formula is C19H23N3O3S. The van der Waals surface area contributed by atoms with E-state index < -0.39 is 0 Å². The normalized spacial score (nSPS) is 11.8. The Hall–Kier alpha value is -2.38. The van der Waals surface area contributed by atoms with Gasteiger partial charge < -0.3 is 8.94 Å². The smallest absolute Gasteiger partial charge is 0.240 e. The molecule has 0 fully saturated rings. The summed E-state index contributed by atoms with van der Waals surface area (Å²) in [6.07, 6.45) is 1.64. The van der Waals surface area contributed by atoms with Crippen molar-refractivity contribution in [1.29, 1.82) is 0 Å². The van der Waals surface area contributed by atoms with Crippen molar-refractivity contribution in [3.63, 3.8) is 0 Å². The van der Waals surface area contributed by atoms with Crippen LogP contribution in [0.4, 0.5) is 5.88 Å². The van der Waals surface area contributed by atoms with Crippen molar-refractivity contribution in [2.24, 2.45) is 0 Å². The highest BCUT2D eigenvalue weighted by atomic mass is 32.1. The molecule has 1 amide bonds. The fourth-order valence-corrected chi connectivity index (χ4v) is 3.23. The summed E-state index contributed by atoms with van der Waals surface area (Å²) in [5, 5.41) is 8.84. The van der Waals surface area contributed by atoms with Crippen molar-refractivity contribution < 1.29 is 13.7 Å². The summed E-state index contributed by atoms with van der Waals surface area (Å²) < 4.78 is 10.7. The average Bonchev–Trinajstić information content (AvgIpc) is 3.27. The highest BCUT2D eigenvalue weighted by Crippen LogP contribution is 2.23. The Morgan fingerprint density at radius 3 is 2.73 bits per heavy atom. The molecule has 0 aliphatic rings. The molecule has 0 aliphatic carbocycles. The number of anilines is 1. The number of nitrogens with one attached hydrogen (secondary N) is 1. The summed E-state index contributed by atoms with van der Waals surface area (Å²) in [6, 6.07) is 9.60. The second kappa shape index (κ2) is 7.88. The Morgan fingerprint density at radius 2 is 2.12 bits per heavy atom. The zero-order chi connectivity index (χ0) is 18.6. The number of hydrogen-bond donors (Lipinski definition) is 1. The van der Waals surface area contributed by atoms with Crippen molar-refractivity contribution in [1.82, 2.24) is 10.1 Å². The van der Waals surface area contributed by atoms with Crippen LogP contribution in [-0.4, -0.2) is 22.5 Å².